The fraction of sp³-hybridized carbons (Fsp3) is 0. The van der Waals surface area contributed by atoms with Crippen LogP contribution in [0, 0.1) is 10.1 Å². The van der Waals surface area contributed by atoms with Crippen molar-refractivity contribution in [3.05, 3.63) is 44.2 Å². The van der Waals surface area contributed by atoms with Crippen molar-refractivity contribution in [1.82, 2.24) is 15.0 Å². The first kappa shape index (κ1) is 13.2. The van der Waals surface area contributed by atoms with E-state index in [1.807, 2.05) is 0 Å². The van der Waals surface area contributed by atoms with Gasteiger partial charge in [0.1, 0.15) is 0 Å². The molecular weight excluding hydrogens is 299 g/mol. The van der Waals surface area contributed by atoms with Crippen molar-refractivity contribution in [2.24, 2.45) is 0 Å². The summed E-state index contributed by atoms with van der Waals surface area (Å²) >= 11 is 11.6. The molecule has 0 spiro atoms. The van der Waals surface area contributed by atoms with Crippen molar-refractivity contribution in [1.29, 1.82) is 0 Å². The van der Waals surface area contributed by atoms with Gasteiger partial charge in [0.15, 0.2) is 11.4 Å². The molecule has 1 aromatic carbocycles. The molecule has 10 heteroatoms. The molecule has 0 unspecified atom stereocenters. The maximum atomic E-state index is 11.0. The van der Waals surface area contributed by atoms with E-state index in [0.717, 1.165) is 16.9 Å². The Hall–Kier alpha value is -2.19. The summed E-state index contributed by atoms with van der Waals surface area (Å²) < 4.78 is 0.917. The number of nitro benzene ring substituents is 1. The van der Waals surface area contributed by atoms with Gasteiger partial charge in [0, 0.05) is 11.1 Å². The van der Waals surface area contributed by atoms with Crippen molar-refractivity contribution in [3.8, 4) is 5.69 Å². The summed E-state index contributed by atoms with van der Waals surface area (Å²) in [7, 11) is 0. The number of nitro groups is 1. The van der Waals surface area contributed by atoms with Gasteiger partial charge in [0.2, 0.25) is 0 Å². The number of halogens is 2. The first-order valence-electron chi connectivity index (χ1n) is 4.69. The fourth-order valence-corrected chi connectivity index (χ4v) is 1.96. The summed E-state index contributed by atoms with van der Waals surface area (Å²) in [5.41, 5.74) is -0.865. The van der Waals surface area contributed by atoms with Gasteiger partial charge in [-0.2, -0.15) is 0 Å². The SMILES string of the molecule is O=C(O)c1cn(-c2c(Cl)cc(Cl)cc2[N+](=O)[O-])nn1. The number of aromatic carboxylic acids is 1. The standard InChI is InChI=1S/C9H4Cl2N4O4/c10-4-1-5(11)8(7(2-4)15(18)19)14-3-6(9(16)17)12-13-14/h1-3H,(H,16,17). The summed E-state index contributed by atoms with van der Waals surface area (Å²) in [4.78, 5) is 21.0. The van der Waals surface area contributed by atoms with E-state index in [1.54, 1.807) is 0 Å². The molecule has 0 aliphatic heterocycles. The summed E-state index contributed by atoms with van der Waals surface area (Å²) in [6.07, 6.45) is 1.02. The van der Waals surface area contributed by atoms with Crippen LogP contribution in [-0.2, 0) is 0 Å². The Labute approximate surface area is 115 Å². The van der Waals surface area contributed by atoms with Crippen molar-refractivity contribution >= 4 is 34.9 Å². The number of benzene rings is 1. The minimum Gasteiger partial charge on any atom is -0.476 e. The Balaban J connectivity index is 2.66. The van der Waals surface area contributed by atoms with Gasteiger partial charge in [-0.05, 0) is 6.07 Å². The summed E-state index contributed by atoms with van der Waals surface area (Å²) in [5.74, 6) is -1.31. The van der Waals surface area contributed by atoms with Crippen LogP contribution in [-0.4, -0.2) is 31.0 Å². The highest BCUT2D eigenvalue weighted by molar-refractivity contribution is 6.36. The van der Waals surface area contributed by atoms with Gasteiger partial charge in [-0.15, -0.1) is 5.10 Å². The summed E-state index contributed by atoms with van der Waals surface area (Å²) in [6.45, 7) is 0. The second-order valence-electron chi connectivity index (χ2n) is 3.37. The van der Waals surface area contributed by atoms with Crippen LogP contribution in [0.15, 0.2) is 18.3 Å². The van der Waals surface area contributed by atoms with E-state index in [0.29, 0.717) is 0 Å². The molecule has 0 aliphatic rings. The van der Waals surface area contributed by atoms with Crippen LogP contribution in [0.3, 0.4) is 0 Å². The first-order chi connectivity index (χ1) is 8.90. The van der Waals surface area contributed by atoms with Crippen LogP contribution in [0.2, 0.25) is 10.0 Å². The highest BCUT2D eigenvalue weighted by Crippen LogP contribution is 2.33. The van der Waals surface area contributed by atoms with Crippen LogP contribution < -0.4 is 0 Å². The number of hydrogen-bond acceptors (Lipinski definition) is 5. The molecule has 0 fully saturated rings. The molecule has 1 aromatic heterocycles. The van der Waals surface area contributed by atoms with Crippen LogP contribution in [0.25, 0.3) is 5.69 Å². The smallest absolute Gasteiger partial charge is 0.358 e. The van der Waals surface area contributed by atoms with E-state index in [9.17, 15) is 14.9 Å². The van der Waals surface area contributed by atoms with Gasteiger partial charge in [-0.25, -0.2) is 9.48 Å². The van der Waals surface area contributed by atoms with Crippen LogP contribution in [0.1, 0.15) is 10.5 Å². The predicted octanol–water partition coefficient (Wildman–Crippen LogP) is 2.18. The van der Waals surface area contributed by atoms with E-state index in [4.69, 9.17) is 28.3 Å². The normalized spacial score (nSPS) is 10.4. The Bertz CT molecular complexity index is 685. The second-order valence-corrected chi connectivity index (χ2v) is 4.21. The number of carboxylic acids is 1. The molecule has 0 atom stereocenters. The molecule has 0 radical (unpaired) electrons. The third kappa shape index (κ3) is 2.49. The van der Waals surface area contributed by atoms with E-state index in [2.05, 4.69) is 10.3 Å². The summed E-state index contributed by atoms with van der Waals surface area (Å²) in [5, 5.41) is 26.6. The van der Waals surface area contributed by atoms with E-state index < -0.39 is 16.6 Å². The minimum atomic E-state index is -1.31. The molecule has 0 aliphatic carbocycles. The van der Waals surface area contributed by atoms with Crippen molar-refractivity contribution in [3.63, 3.8) is 0 Å². The predicted molar refractivity (Wildman–Crippen MR) is 65.0 cm³/mol. The number of nitrogens with zero attached hydrogens (tertiary/aromatic N) is 4. The van der Waals surface area contributed by atoms with Crippen molar-refractivity contribution < 1.29 is 14.8 Å². The molecule has 0 saturated carbocycles. The van der Waals surface area contributed by atoms with Crippen LogP contribution in [0.4, 0.5) is 5.69 Å². The highest BCUT2D eigenvalue weighted by atomic mass is 35.5. The Morgan fingerprint density at radius 1 is 1.42 bits per heavy atom. The largest absolute Gasteiger partial charge is 0.476 e. The molecular formula is C9H4Cl2N4O4. The molecule has 0 saturated heterocycles. The third-order valence-corrected chi connectivity index (χ3v) is 2.65. The number of carboxylic acid groups (broad SMARTS) is 1. The average molecular weight is 303 g/mol. The zero-order chi connectivity index (χ0) is 14.2. The van der Waals surface area contributed by atoms with Gasteiger partial charge in [-0.1, -0.05) is 28.4 Å². The lowest BCUT2D eigenvalue weighted by Crippen LogP contribution is -2.02. The molecule has 0 amide bonds. The maximum Gasteiger partial charge on any atom is 0.358 e. The van der Waals surface area contributed by atoms with Gasteiger partial charge >= 0.3 is 5.97 Å². The molecule has 2 rings (SSSR count). The molecule has 19 heavy (non-hydrogen) atoms. The fourth-order valence-electron chi connectivity index (χ4n) is 1.39. The van der Waals surface area contributed by atoms with Gasteiger partial charge in [0.05, 0.1) is 16.1 Å². The Morgan fingerprint density at radius 3 is 2.63 bits per heavy atom. The van der Waals surface area contributed by atoms with E-state index in [1.165, 1.54) is 6.07 Å². The first-order valence-corrected chi connectivity index (χ1v) is 5.45. The molecule has 2 aromatic rings. The number of hydrogen-bond donors (Lipinski definition) is 1. The van der Waals surface area contributed by atoms with Gasteiger partial charge in [-0.3, -0.25) is 10.1 Å². The molecule has 1 N–H and O–H groups in total. The summed E-state index contributed by atoms with van der Waals surface area (Å²) in [6, 6.07) is 2.37. The lowest BCUT2D eigenvalue weighted by atomic mass is 10.2. The zero-order valence-electron chi connectivity index (χ0n) is 8.95. The van der Waals surface area contributed by atoms with Crippen LogP contribution >= 0.6 is 23.2 Å². The monoisotopic (exact) mass is 302 g/mol. The van der Waals surface area contributed by atoms with E-state index >= 15 is 0 Å². The molecule has 98 valence electrons. The molecule has 8 nitrogen and oxygen atoms in total. The number of carbonyl (C=O) groups is 1. The Kier molecular flexibility index (Phi) is 3.36. The number of rotatable bonds is 3. The lowest BCUT2D eigenvalue weighted by Gasteiger charge is -2.04. The van der Waals surface area contributed by atoms with Gasteiger partial charge in [0.25, 0.3) is 5.69 Å². The average Bonchev–Trinajstić information content (AvgIpc) is 2.76. The van der Waals surface area contributed by atoms with Crippen molar-refractivity contribution in [2.45, 2.75) is 0 Å². The lowest BCUT2D eigenvalue weighted by molar-refractivity contribution is -0.384. The zero-order valence-corrected chi connectivity index (χ0v) is 10.5. The second kappa shape index (κ2) is 4.82. The van der Waals surface area contributed by atoms with Crippen molar-refractivity contribution in [2.75, 3.05) is 0 Å². The minimum absolute atomic E-state index is 0.0407. The quantitative estimate of drug-likeness (QED) is 0.687. The molecule has 1 heterocycles. The van der Waals surface area contributed by atoms with Gasteiger partial charge < -0.3 is 5.11 Å². The Morgan fingerprint density at radius 2 is 2.11 bits per heavy atom. The topological polar surface area (TPSA) is 111 Å². The number of aromatic nitrogens is 3. The molecule has 0 bridgehead atoms. The maximum absolute atomic E-state index is 11.0. The van der Waals surface area contributed by atoms with Crippen LogP contribution in [0.5, 0.6) is 0 Å². The third-order valence-electron chi connectivity index (χ3n) is 2.15. The van der Waals surface area contributed by atoms with E-state index in [-0.39, 0.29) is 21.4 Å². The highest BCUT2D eigenvalue weighted by Gasteiger charge is 2.22.